The molecule has 4 rings (SSSR count). The van der Waals surface area contributed by atoms with Gasteiger partial charge in [-0.2, -0.15) is 0 Å². The number of carbonyl (C=O) groups is 1. The molecule has 0 aromatic heterocycles. The molecule has 0 saturated carbocycles. The molecule has 4 aromatic rings. The lowest BCUT2D eigenvalue weighted by Crippen LogP contribution is -2.14. The molecule has 39 heavy (non-hydrogen) atoms. The van der Waals surface area contributed by atoms with Gasteiger partial charge >= 0.3 is 5.97 Å². The highest BCUT2D eigenvalue weighted by Gasteiger charge is 2.30. The van der Waals surface area contributed by atoms with E-state index < -0.39 is 0 Å². The summed E-state index contributed by atoms with van der Waals surface area (Å²) in [6, 6.07) is 30.0. The molecule has 0 amide bonds. The zero-order valence-electron chi connectivity index (χ0n) is 22.9. The maximum atomic E-state index is 13.1. The fourth-order valence-corrected chi connectivity index (χ4v) is 8.47. The topological polar surface area (TPSA) is 26.3 Å². The van der Waals surface area contributed by atoms with E-state index in [-0.39, 0.29) is 27.7 Å². The van der Waals surface area contributed by atoms with Crippen molar-refractivity contribution < 1.29 is 9.53 Å². The number of rotatable bonds is 5. The summed E-state index contributed by atoms with van der Waals surface area (Å²) >= 11 is 6.66. The van der Waals surface area contributed by atoms with Gasteiger partial charge in [0.15, 0.2) is 14.7 Å². The largest absolute Gasteiger partial charge is 0.423 e. The molecule has 0 aliphatic rings. The summed E-state index contributed by atoms with van der Waals surface area (Å²) in [4.78, 5) is 16.8. The predicted molar refractivity (Wildman–Crippen MR) is 188 cm³/mol. The lowest BCUT2D eigenvalue weighted by Gasteiger charge is -2.20. The molecule has 0 bridgehead atoms. The van der Waals surface area contributed by atoms with Crippen molar-refractivity contribution in [3.63, 3.8) is 0 Å². The van der Waals surface area contributed by atoms with E-state index in [0.717, 1.165) is 10.7 Å². The molecule has 0 heterocycles. The highest BCUT2D eigenvalue weighted by atomic mass is 127. The van der Waals surface area contributed by atoms with Crippen LogP contribution in [0, 0.1) is 10.7 Å². The third-order valence-electron chi connectivity index (χ3n) is 6.43. The van der Waals surface area contributed by atoms with Gasteiger partial charge in [0.1, 0.15) is 5.75 Å². The van der Waals surface area contributed by atoms with Crippen molar-refractivity contribution in [2.45, 2.75) is 67.1 Å². The molecule has 0 atom stereocenters. The van der Waals surface area contributed by atoms with Gasteiger partial charge in [-0.25, -0.2) is 4.79 Å². The molecule has 6 heteroatoms. The van der Waals surface area contributed by atoms with Crippen LogP contribution in [-0.4, -0.2) is 5.97 Å². The van der Waals surface area contributed by atoms with Crippen molar-refractivity contribution >= 4 is 84.6 Å². The van der Waals surface area contributed by atoms with Gasteiger partial charge in [-0.1, -0.05) is 65.8 Å². The lowest BCUT2D eigenvalue weighted by atomic mass is 9.87. The Kier molecular flexibility index (Phi) is 9.81. The molecule has 0 saturated heterocycles. The minimum Gasteiger partial charge on any atom is -0.423 e. The molecule has 202 valence electrons. The van der Waals surface area contributed by atoms with Crippen molar-refractivity contribution in [2.24, 2.45) is 0 Å². The maximum Gasteiger partial charge on any atom is 0.345 e. The molecule has 0 N–H and O–H groups in total. The second kappa shape index (κ2) is 12.4. The number of benzene rings is 4. The quantitative estimate of drug-likeness (QED) is 0.0657. The Labute approximate surface area is 276 Å². The van der Waals surface area contributed by atoms with Crippen molar-refractivity contribution in [3.8, 4) is 5.75 Å². The first-order valence-corrected chi connectivity index (χ1v) is 17.1. The van der Waals surface area contributed by atoms with Crippen LogP contribution >= 0.6 is 67.8 Å². The molecular weight excluding hydrogens is 841 g/mol. The fourth-order valence-electron chi connectivity index (χ4n) is 4.11. The molecule has 0 fully saturated rings. The summed E-state index contributed by atoms with van der Waals surface area (Å²) < 4.78 is 8.66. The molecule has 0 aliphatic carbocycles. The SMILES string of the molecule is CC(C)(C)c1ccc([S+](c2ccc(OC(=O)c3c(I)ccc(I)c3I)cc2)c2ccc(C(C)(C)C)cc2)cc1. The Morgan fingerprint density at radius 2 is 0.974 bits per heavy atom. The van der Waals surface area contributed by atoms with Gasteiger partial charge in [-0.15, -0.1) is 0 Å². The molecule has 0 unspecified atom stereocenters. The van der Waals surface area contributed by atoms with Crippen molar-refractivity contribution in [2.75, 3.05) is 0 Å². The third kappa shape index (κ3) is 7.40. The van der Waals surface area contributed by atoms with Crippen molar-refractivity contribution in [1.29, 1.82) is 0 Å². The van der Waals surface area contributed by atoms with Crippen molar-refractivity contribution in [1.82, 2.24) is 0 Å². The standard InChI is InChI=1S/C33H32I3O2S/c1-32(2,3)21-7-13-24(14-8-21)39(25-15-9-22(10-16-25)33(4,5)6)26-17-11-23(12-18-26)38-31(37)29-27(34)19-20-28(35)30(29)36/h7-20H,1-6H3/q+1. The van der Waals surface area contributed by atoms with E-state index in [2.05, 4.69) is 170 Å². The minimum atomic E-state index is -0.329. The van der Waals surface area contributed by atoms with Crippen LogP contribution < -0.4 is 4.74 Å². The molecule has 0 radical (unpaired) electrons. The fraction of sp³-hybridized carbons (Fsp3) is 0.242. The van der Waals surface area contributed by atoms with E-state index in [1.807, 2.05) is 24.3 Å². The number of ether oxygens (including phenoxy) is 1. The first kappa shape index (κ1) is 30.8. The first-order valence-electron chi connectivity index (χ1n) is 12.7. The summed E-state index contributed by atoms with van der Waals surface area (Å²) in [7, 11) is -0.296. The van der Waals surface area contributed by atoms with Crippen LogP contribution in [0.2, 0.25) is 0 Å². The normalized spacial score (nSPS) is 12.1. The van der Waals surface area contributed by atoms with Gasteiger partial charge in [0.2, 0.25) is 0 Å². The summed E-state index contributed by atoms with van der Waals surface area (Å²) in [5.41, 5.74) is 3.46. The van der Waals surface area contributed by atoms with E-state index in [9.17, 15) is 4.79 Å². The zero-order valence-corrected chi connectivity index (χ0v) is 30.2. The van der Waals surface area contributed by atoms with Gasteiger partial charge in [0.25, 0.3) is 0 Å². The highest BCUT2D eigenvalue weighted by molar-refractivity contribution is 14.1. The summed E-state index contributed by atoms with van der Waals surface area (Å²) in [6.07, 6.45) is 0. The molecule has 4 aromatic carbocycles. The van der Waals surface area contributed by atoms with Crippen LogP contribution in [0.15, 0.2) is 99.6 Å². The summed E-state index contributed by atoms with van der Waals surface area (Å²) in [6.45, 7) is 13.4. The van der Waals surface area contributed by atoms with Crippen LogP contribution in [0.1, 0.15) is 63.0 Å². The minimum absolute atomic E-state index is 0.101. The number of halogens is 3. The number of hydrogen-bond acceptors (Lipinski definition) is 2. The molecule has 0 spiro atoms. The molecular formula is C33H32I3O2S+. The van der Waals surface area contributed by atoms with Crippen LogP contribution in [0.5, 0.6) is 5.75 Å². The Morgan fingerprint density at radius 1 is 0.590 bits per heavy atom. The number of esters is 1. The number of carbonyl (C=O) groups excluding carboxylic acids is 1. The van der Waals surface area contributed by atoms with E-state index >= 15 is 0 Å². The van der Waals surface area contributed by atoms with Gasteiger partial charge in [-0.3, -0.25) is 0 Å². The highest BCUT2D eigenvalue weighted by Crippen LogP contribution is 2.35. The van der Waals surface area contributed by atoms with E-state index in [0.29, 0.717) is 11.3 Å². The number of hydrogen-bond donors (Lipinski definition) is 0. The Bertz CT molecular complexity index is 1410. The Morgan fingerprint density at radius 3 is 1.38 bits per heavy atom. The summed E-state index contributed by atoms with van der Waals surface area (Å²) in [5, 5.41) is 0. The lowest BCUT2D eigenvalue weighted by molar-refractivity contribution is 0.0732. The third-order valence-corrected chi connectivity index (χ3v) is 12.6. The van der Waals surface area contributed by atoms with Crippen molar-refractivity contribution in [3.05, 3.63) is 112 Å². The first-order chi connectivity index (χ1) is 18.3. The maximum absolute atomic E-state index is 13.1. The van der Waals surface area contributed by atoms with Crippen LogP contribution in [0.3, 0.4) is 0 Å². The molecule has 2 nitrogen and oxygen atoms in total. The summed E-state index contributed by atoms with van der Waals surface area (Å²) in [5.74, 6) is 0.216. The van der Waals surface area contributed by atoms with Gasteiger partial charge < -0.3 is 4.74 Å². The van der Waals surface area contributed by atoms with E-state index in [1.165, 1.54) is 25.8 Å². The molecule has 0 aliphatic heterocycles. The van der Waals surface area contributed by atoms with Gasteiger partial charge in [0, 0.05) is 10.7 Å². The Balaban J connectivity index is 1.68. The monoisotopic (exact) mass is 873 g/mol. The Hall–Kier alpha value is -1.11. The van der Waals surface area contributed by atoms with Crippen LogP contribution in [0.25, 0.3) is 0 Å². The van der Waals surface area contributed by atoms with Gasteiger partial charge in [-0.05, 0) is 150 Å². The zero-order chi connectivity index (χ0) is 28.5. The van der Waals surface area contributed by atoms with E-state index in [1.54, 1.807) is 0 Å². The van der Waals surface area contributed by atoms with E-state index in [4.69, 9.17) is 4.74 Å². The van der Waals surface area contributed by atoms with Crippen LogP contribution in [0.4, 0.5) is 0 Å². The van der Waals surface area contributed by atoms with Gasteiger partial charge in [0.05, 0.1) is 16.5 Å². The van der Waals surface area contributed by atoms with Crippen LogP contribution in [-0.2, 0) is 21.7 Å². The average Bonchev–Trinajstić information content (AvgIpc) is 2.87. The predicted octanol–water partition coefficient (Wildman–Crippen LogP) is 10.4. The second-order valence-corrected chi connectivity index (χ2v) is 16.9. The average molecular weight is 873 g/mol. The second-order valence-electron chi connectivity index (χ2n) is 11.4. The smallest absolute Gasteiger partial charge is 0.345 e.